The van der Waals surface area contributed by atoms with Crippen LogP contribution in [0.25, 0.3) is 0 Å². The number of rotatable bonds is 6. The van der Waals surface area contributed by atoms with Gasteiger partial charge in [0.25, 0.3) is 0 Å². The van der Waals surface area contributed by atoms with Crippen molar-refractivity contribution in [2.45, 2.75) is 32.7 Å². The van der Waals surface area contributed by atoms with Crippen LogP contribution in [0.1, 0.15) is 32.2 Å². The summed E-state index contributed by atoms with van der Waals surface area (Å²) in [6.45, 7) is 8.09. The number of hydrogen-bond donors (Lipinski definition) is 0. The van der Waals surface area contributed by atoms with Gasteiger partial charge < -0.3 is 19.1 Å². The van der Waals surface area contributed by atoms with Crippen LogP contribution >= 0.6 is 11.6 Å². The number of halogens is 1. The van der Waals surface area contributed by atoms with E-state index in [1.54, 1.807) is 9.80 Å². The van der Waals surface area contributed by atoms with Gasteiger partial charge in [-0.05, 0) is 0 Å². The first-order valence-corrected chi connectivity index (χ1v) is 8.06. The van der Waals surface area contributed by atoms with E-state index in [0.717, 1.165) is 5.76 Å². The lowest BCUT2D eigenvalue weighted by Gasteiger charge is -2.23. The Hall–Kier alpha value is -1.76. The van der Waals surface area contributed by atoms with Crippen molar-refractivity contribution in [3.63, 3.8) is 0 Å². The Morgan fingerprint density at radius 3 is 2.74 bits per heavy atom. The van der Waals surface area contributed by atoms with E-state index in [1.807, 2.05) is 26.8 Å². The van der Waals surface area contributed by atoms with Gasteiger partial charge in [0.1, 0.15) is 23.9 Å². The number of cyclic esters (lactones) is 1. The van der Waals surface area contributed by atoms with E-state index in [4.69, 9.17) is 20.9 Å². The molecule has 23 heavy (non-hydrogen) atoms. The van der Waals surface area contributed by atoms with E-state index in [-0.39, 0.29) is 23.3 Å². The molecule has 1 aliphatic rings. The van der Waals surface area contributed by atoms with Gasteiger partial charge in [-0.2, -0.15) is 0 Å². The third-order valence-electron chi connectivity index (χ3n) is 3.60. The number of hydrogen-bond acceptors (Lipinski definition) is 5. The van der Waals surface area contributed by atoms with Crippen molar-refractivity contribution in [2.75, 3.05) is 32.1 Å². The highest BCUT2D eigenvalue weighted by Crippen LogP contribution is 2.23. The van der Waals surface area contributed by atoms with Gasteiger partial charge in [0, 0.05) is 24.6 Å². The number of carbonyl (C=O) groups is 2. The molecule has 0 aromatic carbocycles. The van der Waals surface area contributed by atoms with Gasteiger partial charge in [-0.3, -0.25) is 4.79 Å². The summed E-state index contributed by atoms with van der Waals surface area (Å²) in [4.78, 5) is 26.6. The first-order valence-electron chi connectivity index (χ1n) is 7.53. The lowest BCUT2D eigenvalue weighted by molar-refractivity contribution is -0.129. The Morgan fingerprint density at radius 1 is 1.48 bits per heavy atom. The fourth-order valence-corrected chi connectivity index (χ4v) is 2.35. The van der Waals surface area contributed by atoms with Crippen LogP contribution in [0.4, 0.5) is 4.79 Å². The molecular weight excluding hydrogens is 322 g/mol. The fourth-order valence-electron chi connectivity index (χ4n) is 2.18. The zero-order valence-electron chi connectivity index (χ0n) is 13.7. The van der Waals surface area contributed by atoms with Crippen LogP contribution in [-0.2, 0) is 21.5 Å². The molecule has 0 bridgehead atoms. The highest BCUT2D eigenvalue weighted by Gasteiger charge is 2.25. The Balaban J connectivity index is 1.99. The van der Waals surface area contributed by atoms with Crippen LogP contribution in [0.3, 0.4) is 0 Å². The maximum atomic E-state index is 12.0. The molecule has 1 aliphatic heterocycles. The van der Waals surface area contributed by atoms with Gasteiger partial charge in [0.05, 0.1) is 13.1 Å². The second-order valence-electron chi connectivity index (χ2n) is 6.48. The minimum absolute atomic E-state index is 0.117. The molecule has 0 radical (unpaired) electrons. The molecule has 1 aromatic rings. The van der Waals surface area contributed by atoms with E-state index < -0.39 is 0 Å². The second-order valence-corrected chi connectivity index (χ2v) is 6.75. The molecule has 1 saturated heterocycles. The van der Waals surface area contributed by atoms with Crippen LogP contribution in [0.5, 0.6) is 0 Å². The smallest absolute Gasteiger partial charge is 0.409 e. The van der Waals surface area contributed by atoms with Crippen molar-refractivity contribution < 1.29 is 18.8 Å². The first kappa shape index (κ1) is 17.6. The van der Waals surface area contributed by atoms with Crippen LogP contribution in [0.2, 0.25) is 0 Å². The third kappa shape index (κ3) is 4.60. The van der Waals surface area contributed by atoms with E-state index in [0.29, 0.717) is 38.5 Å². The van der Waals surface area contributed by atoms with Crippen LogP contribution in [-0.4, -0.2) is 59.1 Å². The molecule has 2 rings (SSSR count). The summed E-state index contributed by atoms with van der Waals surface area (Å²) in [6.07, 6.45) is -0.347. The third-order valence-corrected chi connectivity index (χ3v) is 3.83. The summed E-state index contributed by atoms with van der Waals surface area (Å²) in [7, 11) is 0. The standard InChI is InChI=1S/C15H22ClN3O4/c1-15(2,3)12-8-11(17-23-12)10-19(13(20)9-16)5-4-18-6-7-22-14(18)21/h8H,4-7,9-10H2,1-3H3. The molecule has 0 unspecified atom stereocenters. The molecule has 0 atom stereocenters. The average molecular weight is 344 g/mol. The lowest BCUT2D eigenvalue weighted by atomic mass is 9.93. The Morgan fingerprint density at radius 2 is 2.22 bits per heavy atom. The van der Waals surface area contributed by atoms with E-state index >= 15 is 0 Å². The Labute approximate surface area is 140 Å². The minimum Gasteiger partial charge on any atom is -0.448 e. The molecule has 2 heterocycles. The normalized spacial score (nSPS) is 15.0. The highest BCUT2D eigenvalue weighted by molar-refractivity contribution is 6.27. The summed E-state index contributed by atoms with van der Waals surface area (Å²) < 4.78 is 10.2. The number of nitrogens with zero attached hydrogens (tertiary/aromatic N) is 3. The van der Waals surface area contributed by atoms with Crippen molar-refractivity contribution in [2.24, 2.45) is 0 Å². The number of alkyl halides is 1. The summed E-state index contributed by atoms with van der Waals surface area (Å²) >= 11 is 5.67. The monoisotopic (exact) mass is 343 g/mol. The zero-order valence-corrected chi connectivity index (χ0v) is 14.4. The molecular formula is C15H22ClN3O4. The molecule has 0 saturated carbocycles. The molecule has 7 nitrogen and oxygen atoms in total. The van der Waals surface area contributed by atoms with Crippen molar-refractivity contribution >= 4 is 23.6 Å². The quantitative estimate of drug-likeness (QED) is 0.738. The number of amides is 2. The van der Waals surface area contributed by atoms with Gasteiger partial charge in [-0.1, -0.05) is 25.9 Å². The Bertz CT molecular complexity index is 567. The van der Waals surface area contributed by atoms with Crippen molar-refractivity contribution in [1.29, 1.82) is 0 Å². The molecule has 1 fully saturated rings. The minimum atomic E-state index is -0.347. The number of carbonyl (C=O) groups excluding carboxylic acids is 2. The molecule has 0 aliphatic carbocycles. The SMILES string of the molecule is CC(C)(C)c1cc(CN(CCN2CCOC2=O)C(=O)CCl)no1. The van der Waals surface area contributed by atoms with Crippen molar-refractivity contribution in [1.82, 2.24) is 15.0 Å². The highest BCUT2D eigenvalue weighted by atomic mass is 35.5. The van der Waals surface area contributed by atoms with Crippen LogP contribution < -0.4 is 0 Å². The first-order chi connectivity index (χ1) is 10.8. The summed E-state index contributed by atoms with van der Waals surface area (Å²) in [6, 6.07) is 1.85. The van der Waals surface area contributed by atoms with Gasteiger partial charge >= 0.3 is 6.09 Å². The fraction of sp³-hybridized carbons (Fsp3) is 0.667. The molecule has 0 N–H and O–H groups in total. The van der Waals surface area contributed by atoms with E-state index in [1.165, 1.54) is 0 Å². The predicted molar refractivity (Wildman–Crippen MR) is 84.3 cm³/mol. The summed E-state index contributed by atoms with van der Waals surface area (Å²) in [5, 5.41) is 4.02. The van der Waals surface area contributed by atoms with Gasteiger partial charge in [0.2, 0.25) is 5.91 Å². The van der Waals surface area contributed by atoms with Crippen LogP contribution in [0, 0.1) is 0 Å². The maximum Gasteiger partial charge on any atom is 0.409 e. The molecule has 8 heteroatoms. The average Bonchev–Trinajstić information content (AvgIpc) is 3.11. The molecule has 2 amide bonds. The number of aromatic nitrogens is 1. The van der Waals surface area contributed by atoms with Gasteiger partial charge in [-0.15, -0.1) is 11.6 Å². The zero-order chi connectivity index (χ0) is 17.0. The van der Waals surface area contributed by atoms with Gasteiger partial charge in [-0.25, -0.2) is 4.79 Å². The van der Waals surface area contributed by atoms with Crippen molar-refractivity contribution in [3.8, 4) is 0 Å². The largest absolute Gasteiger partial charge is 0.448 e. The molecule has 128 valence electrons. The van der Waals surface area contributed by atoms with Crippen LogP contribution in [0.15, 0.2) is 10.6 Å². The summed E-state index contributed by atoms with van der Waals surface area (Å²) in [5.74, 6) is 0.433. The Kier molecular flexibility index (Phi) is 5.51. The van der Waals surface area contributed by atoms with Gasteiger partial charge in [0.15, 0.2) is 0 Å². The lowest BCUT2D eigenvalue weighted by Crippen LogP contribution is -2.39. The second kappa shape index (κ2) is 7.21. The van der Waals surface area contributed by atoms with E-state index in [2.05, 4.69) is 5.16 Å². The molecule has 1 aromatic heterocycles. The molecule has 0 spiro atoms. The van der Waals surface area contributed by atoms with E-state index in [9.17, 15) is 9.59 Å². The summed E-state index contributed by atoms with van der Waals surface area (Å²) in [5.41, 5.74) is 0.517. The number of ether oxygens (including phenoxy) is 1. The maximum absolute atomic E-state index is 12.0. The topological polar surface area (TPSA) is 75.9 Å². The van der Waals surface area contributed by atoms with Crippen molar-refractivity contribution in [3.05, 3.63) is 17.5 Å². The predicted octanol–water partition coefficient (Wildman–Crippen LogP) is 1.99.